The van der Waals surface area contributed by atoms with Gasteiger partial charge in [-0.05, 0) is 88.1 Å². The van der Waals surface area contributed by atoms with Crippen LogP contribution in [-0.4, -0.2) is 33.5 Å². The lowest BCUT2D eigenvalue weighted by atomic mass is 9.98. The average molecular weight is 544 g/mol. The molecule has 0 saturated heterocycles. The van der Waals surface area contributed by atoms with Crippen LogP contribution in [0.25, 0.3) is 22.0 Å². The average Bonchev–Trinajstić information content (AvgIpc) is 3.33. The van der Waals surface area contributed by atoms with E-state index < -0.39 is 17.3 Å². The van der Waals surface area contributed by atoms with Crippen molar-refractivity contribution in [2.45, 2.75) is 72.3 Å². The standard InChI is InChI=1S/C32H37N3O5/c1-31(2,3)39-29(36)17-24-11-7-8-13-28(24)38-20-22-15-25(26-19-34-35-27(26)16-22)23-12-9-10-21(14-23)18-33-30(37)40-32(4,5)6/h7-16,19H,17-18,20H2,1-6H3,(H,33,37)(H,34,35). The molecular formula is C32H37N3O5. The largest absolute Gasteiger partial charge is 0.489 e. The number of carbonyl (C=O) groups is 2. The maximum absolute atomic E-state index is 12.4. The Morgan fingerprint density at radius 3 is 2.38 bits per heavy atom. The summed E-state index contributed by atoms with van der Waals surface area (Å²) in [7, 11) is 0. The molecule has 0 saturated carbocycles. The summed E-state index contributed by atoms with van der Waals surface area (Å²) in [6.45, 7) is 11.7. The van der Waals surface area contributed by atoms with E-state index in [2.05, 4.69) is 21.6 Å². The lowest BCUT2D eigenvalue weighted by Gasteiger charge is -2.20. The SMILES string of the molecule is CC(C)(C)OC(=O)Cc1ccccc1OCc1cc(-c2cccc(CNC(=O)OC(C)(C)C)c2)c2cn[nH]c2c1. The maximum Gasteiger partial charge on any atom is 0.407 e. The molecule has 2 N–H and O–H groups in total. The van der Waals surface area contributed by atoms with Crippen molar-refractivity contribution in [1.82, 2.24) is 15.5 Å². The number of H-pyrrole nitrogens is 1. The maximum atomic E-state index is 12.4. The number of nitrogens with zero attached hydrogens (tertiary/aromatic N) is 1. The van der Waals surface area contributed by atoms with Gasteiger partial charge < -0.3 is 19.5 Å². The summed E-state index contributed by atoms with van der Waals surface area (Å²) in [5.41, 5.74) is 4.41. The number of alkyl carbamates (subject to hydrolysis) is 1. The van der Waals surface area contributed by atoms with Crippen molar-refractivity contribution < 1.29 is 23.8 Å². The van der Waals surface area contributed by atoms with Gasteiger partial charge >= 0.3 is 12.1 Å². The second kappa shape index (κ2) is 11.8. The number of hydrogen-bond donors (Lipinski definition) is 2. The number of fused-ring (bicyclic) bond motifs is 1. The summed E-state index contributed by atoms with van der Waals surface area (Å²) in [4.78, 5) is 24.5. The molecule has 0 bridgehead atoms. The quantitative estimate of drug-likeness (QED) is 0.239. The van der Waals surface area contributed by atoms with E-state index in [1.54, 1.807) is 6.20 Å². The number of benzene rings is 3. The molecule has 0 unspecified atom stereocenters. The van der Waals surface area contributed by atoms with Crippen LogP contribution >= 0.6 is 0 Å². The first-order valence-electron chi connectivity index (χ1n) is 13.3. The minimum atomic E-state index is -0.558. The number of hydrogen-bond acceptors (Lipinski definition) is 6. The van der Waals surface area contributed by atoms with Gasteiger partial charge in [-0.25, -0.2) is 4.79 Å². The van der Waals surface area contributed by atoms with E-state index in [0.29, 0.717) is 18.9 Å². The molecule has 1 aromatic heterocycles. The molecule has 0 atom stereocenters. The van der Waals surface area contributed by atoms with Crippen LogP contribution in [0.2, 0.25) is 0 Å². The number of para-hydroxylation sites is 1. The van der Waals surface area contributed by atoms with Crippen LogP contribution in [0.1, 0.15) is 58.2 Å². The van der Waals surface area contributed by atoms with Crippen molar-refractivity contribution >= 4 is 23.0 Å². The van der Waals surface area contributed by atoms with Gasteiger partial charge in [0.1, 0.15) is 23.6 Å². The first-order chi connectivity index (χ1) is 18.9. The lowest BCUT2D eigenvalue weighted by Crippen LogP contribution is -2.32. The Hall–Kier alpha value is -4.33. The Kier molecular flexibility index (Phi) is 8.47. The summed E-state index contributed by atoms with van der Waals surface area (Å²) >= 11 is 0. The van der Waals surface area contributed by atoms with E-state index in [4.69, 9.17) is 14.2 Å². The van der Waals surface area contributed by atoms with Crippen molar-refractivity contribution in [2.75, 3.05) is 0 Å². The van der Waals surface area contributed by atoms with Crippen LogP contribution in [0.4, 0.5) is 4.79 Å². The summed E-state index contributed by atoms with van der Waals surface area (Å²) in [5, 5.41) is 11.1. The highest BCUT2D eigenvalue weighted by atomic mass is 16.6. The van der Waals surface area contributed by atoms with Crippen molar-refractivity contribution in [3.63, 3.8) is 0 Å². The second-order valence-corrected chi connectivity index (χ2v) is 11.7. The van der Waals surface area contributed by atoms with Crippen LogP contribution in [-0.2, 0) is 33.8 Å². The molecule has 4 aromatic rings. The van der Waals surface area contributed by atoms with E-state index in [1.807, 2.05) is 96.1 Å². The van der Waals surface area contributed by atoms with E-state index >= 15 is 0 Å². The van der Waals surface area contributed by atoms with Crippen molar-refractivity contribution in [1.29, 1.82) is 0 Å². The van der Waals surface area contributed by atoms with Gasteiger partial charge in [-0.1, -0.05) is 36.4 Å². The number of ether oxygens (including phenoxy) is 3. The molecule has 40 heavy (non-hydrogen) atoms. The third-order valence-electron chi connectivity index (χ3n) is 5.81. The van der Waals surface area contributed by atoms with Crippen molar-refractivity contribution in [2.24, 2.45) is 0 Å². The first-order valence-corrected chi connectivity index (χ1v) is 13.3. The summed E-state index contributed by atoms with van der Waals surface area (Å²) in [6.07, 6.45) is 1.47. The lowest BCUT2D eigenvalue weighted by molar-refractivity contribution is -0.153. The number of nitrogens with one attached hydrogen (secondary N) is 2. The molecule has 0 fully saturated rings. The van der Waals surface area contributed by atoms with Crippen LogP contribution in [0.3, 0.4) is 0 Å². The van der Waals surface area contributed by atoms with Gasteiger partial charge in [0.2, 0.25) is 0 Å². The Balaban J connectivity index is 1.52. The zero-order valence-electron chi connectivity index (χ0n) is 24.0. The molecule has 210 valence electrons. The minimum Gasteiger partial charge on any atom is -0.489 e. The Labute approximate surface area is 235 Å². The number of rotatable bonds is 8. The molecule has 0 aliphatic heterocycles. The smallest absolute Gasteiger partial charge is 0.407 e. The monoisotopic (exact) mass is 543 g/mol. The van der Waals surface area contributed by atoms with Gasteiger partial charge in [0.05, 0.1) is 18.1 Å². The molecule has 3 aromatic carbocycles. The molecule has 0 aliphatic rings. The van der Waals surface area contributed by atoms with Gasteiger partial charge in [-0.15, -0.1) is 0 Å². The molecule has 8 nitrogen and oxygen atoms in total. The topological polar surface area (TPSA) is 103 Å². The van der Waals surface area contributed by atoms with Gasteiger partial charge in [0, 0.05) is 17.5 Å². The fraction of sp³-hybridized carbons (Fsp3) is 0.344. The fourth-order valence-corrected chi connectivity index (χ4v) is 4.26. The van der Waals surface area contributed by atoms with Crippen LogP contribution in [0.15, 0.2) is 66.9 Å². The summed E-state index contributed by atoms with van der Waals surface area (Å²) in [6, 6.07) is 19.6. The molecule has 1 amide bonds. The molecule has 4 rings (SSSR count). The number of aromatic nitrogens is 2. The van der Waals surface area contributed by atoms with E-state index in [-0.39, 0.29) is 12.4 Å². The van der Waals surface area contributed by atoms with Crippen LogP contribution in [0, 0.1) is 0 Å². The van der Waals surface area contributed by atoms with Gasteiger partial charge in [-0.2, -0.15) is 5.10 Å². The molecule has 0 radical (unpaired) electrons. The fourth-order valence-electron chi connectivity index (χ4n) is 4.26. The van der Waals surface area contributed by atoms with Crippen molar-refractivity contribution in [3.05, 3.63) is 83.6 Å². The highest BCUT2D eigenvalue weighted by molar-refractivity contribution is 5.95. The number of esters is 1. The first kappa shape index (κ1) is 28.7. The van der Waals surface area contributed by atoms with E-state index in [1.165, 1.54) is 0 Å². The van der Waals surface area contributed by atoms with Crippen molar-refractivity contribution in [3.8, 4) is 16.9 Å². The zero-order chi connectivity index (χ0) is 28.9. The van der Waals surface area contributed by atoms with Gasteiger partial charge in [-0.3, -0.25) is 9.89 Å². The molecule has 0 spiro atoms. The summed E-state index contributed by atoms with van der Waals surface area (Å²) in [5.74, 6) is 0.334. The van der Waals surface area contributed by atoms with Gasteiger partial charge in [0.25, 0.3) is 0 Å². The van der Waals surface area contributed by atoms with E-state index in [9.17, 15) is 9.59 Å². The minimum absolute atomic E-state index is 0.127. The Bertz CT molecular complexity index is 1490. The second-order valence-electron chi connectivity index (χ2n) is 11.7. The van der Waals surface area contributed by atoms with E-state index in [0.717, 1.165) is 38.7 Å². The highest BCUT2D eigenvalue weighted by Crippen LogP contribution is 2.31. The number of amides is 1. The highest BCUT2D eigenvalue weighted by Gasteiger charge is 2.19. The summed E-state index contributed by atoms with van der Waals surface area (Å²) < 4.78 is 17.0. The number of carbonyl (C=O) groups excluding carboxylic acids is 2. The zero-order valence-corrected chi connectivity index (χ0v) is 24.0. The molecule has 1 heterocycles. The predicted octanol–water partition coefficient (Wildman–Crippen LogP) is 6.72. The third kappa shape index (κ3) is 8.09. The van der Waals surface area contributed by atoms with Gasteiger partial charge in [0.15, 0.2) is 0 Å². The normalized spacial score (nSPS) is 11.8. The Morgan fingerprint density at radius 1 is 0.875 bits per heavy atom. The third-order valence-corrected chi connectivity index (χ3v) is 5.81. The van der Waals surface area contributed by atoms with Crippen LogP contribution in [0.5, 0.6) is 5.75 Å². The van der Waals surface area contributed by atoms with Crippen LogP contribution < -0.4 is 10.1 Å². The Morgan fingerprint density at radius 2 is 1.62 bits per heavy atom. The molecule has 8 heteroatoms. The molecule has 0 aliphatic carbocycles. The predicted molar refractivity (Wildman–Crippen MR) is 155 cm³/mol. The molecular weight excluding hydrogens is 506 g/mol. The number of aromatic amines is 1.